The van der Waals surface area contributed by atoms with Crippen molar-refractivity contribution in [1.82, 2.24) is 14.7 Å². The van der Waals surface area contributed by atoms with Crippen molar-refractivity contribution in [1.29, 1.82) is 0 Å². The van der Waals surface area contributed by atoms with Crippen molar-refractivity contribution >= 4 is 17.9 Å². The third-order valence-electron chi connectivity index (χ3n) is 7.78. The molecule has 3 aliphatic heterocycles. The van der Waals surface area contributed by atoms with E-state index in [-0.39, 0.29) is 24.3 Å². The van der Waals surface area contributed by atoms with Gasteiger partial charge < -0.3 is 24.0 Å². The second-order valence-corrected chi connectivity index (χ2v) is 11.9. The Bertz CT molecular complexity index is 1130. The number of ether oxygens (including phenoxy) is 3. The Morgan fingerprint density at radius 3 is 2.25 bits per heavy atom. The summed E-state index contributed by atoms with van der Waals surface area (Å²) in [7, 11) is 0. The molecule has 2 aromatic rings. The fraction of sp³-hybridized carbons (Fsp3) is 0.548. The topological polar surface area (TPSA) is 74.8 Å². The lowest BCUT2D eigenvalue weighted by molar-refractivity contribution is 0.0123. The van der Waals surface area contributed by atoms with Crippen LogP contribution in [0.1, 0.15) is 39.2 Å². The second-order valence-electron chi connectivity index (χ2n) is 11.9. The number of benzene rings is 2. The average molecular weight is 551 g/mol. The number of amides is 2. The van der Waals surface area contributed by atoms with Crippen LogP contribution in [0.5, 0.6) is 5.75 Å². The summed E-state index contributed by atoms with van der Waals surface area (Å²) in [4.78, 5) is 33.6. The van der Waals surface area contributed by atoms with Crippen LogP contribution in [0.3, 0.4) is 0 Å². The highest BCUT2D eigenvalue weighted by atomic mass is 16.6. The number of anilines is 1. The quantitative estimate of drug-likeness (QED) is 0.499. The van der Waals surface area contributed by atoms with Crippen LogP contribution in [0.15, 0.2) is 54.6 Å². The van der Waals surface area contributed by atoms with Crippen molar-refractivity contribution in [2.45, 2.75) is 57.9 Å². The third-order valence-corrected chi connectivity index (χ3v) is 7.78. The van der Waals surface area contributed by atoms with E-state index in [1.54, 1.807) is 4.90 Å². The van der Waals surface area contributed by atoms with Gasteiger partial charge in [0.1, 0.15) is 24.6 Å². The highest BCUT2D eigenvalue weighted by molar-refractivity contribution is 5.70. The fourth-order valence-corrected chi connectivity index (χ4v) is 5.75. The van der Waals surface area contributed by atoms with Crippen molar-refractivity contribution in [2.24, 2.45) is 0 Å². The van der Waals surface area contributed by atoms with Crippen LogP contribution in [0.2, 0.25) is 0 Å². The van der Waals surface area contributed by atoms with E-state index < -0.39 is 5.60 Å². The lowest BCUT2D eigenvalue weighted by Gasteiger charge is -2.42. The molecule has 3 heterocycles. The molecule has 0 aromatic heterocycles. The van der Waals surface area contributed by atoms with Crippen molar-refractivity contribution < 1.29 is 23.8 Å². The second kappa shape index (κ2) is 12.4. The summed E-state index contributed by atoms with van der Waals surface area (Å²) >= 11 is 0. The van der Waals surface area contributed by atoms with Gasteiger partial charge in [0.05, 0.1) is 12.1 Å². The Balaban J connectivity index is 1.04. The molecule has 0 aliphatic carbocycles. The molecule has 0 radical (unpaired) electrons. The molecule has 2 amide bonds. The Morgan fingerprint density at radius 2 is 1.57 bits per heavy atom. The van der Waals surface area contributed by atoms with E-state index in [1.807, 2.05) is 68.1 Å². The van der Waals surface area contributed by atoms with Crippen LogP contribution in [-0.2, 0) is 16.1 Å². The van der Waals surface area contributed by atoms with Crippen LogP contribution in [0, 0.1) is 0 Å². The number of nitrogens with zero attached hydrogens (tertiary/aromatic N) is 4. The molecule has 3 aliphatic rings. The molecule has 2 aromatic carbocycles. The predicted molar refractivity (Wildman–Crippen MR) is 154 cm³/mol. The summed E-state index contributed by atoms with van der Waals surface area (Å²) in [6, 6.07) is 18.3. The van der Waals surface area contributed by atoms with E-state index >= 15 is 0 Å². The zero-order valence-electron chi connectivity index (χ0n) is 24.0. The van der Waals surface area contributed by atoms with E-state index in [0.29, 0.717) is 26.3 Å². The molecule has 2 atom stereocenters. The summed E-state index contributed by atoms with van der Waals surface area (Å²) in [6.45, 7) is 11.9. The summed E-state index contributed by atoms with van der Waals surface area (Å²) in [5.41, 5.74) is 1.63. The normalized spacial score (nSPS) is 21.3. The maximum Gasteiger partial charge on any atom is 0.410 e. The first-order valence-electron chi connectivity index (χ1n) is 14.4. The van der Waals surface area contributed by atoms with E-state index in [0.717, 1.165) is 62.6 Å². The van der Waals surface area contributed by atoms with Gasteiger partial charge in [0.2, 0.25) is 0 Å². The number of piperazine rings is 2. The highest BCUT2D eigenvalue weighted by Gasteiger charge is 2.44. The Hall–Kier alpha value is -3.46. The molecular formula is C31H42N4O5. The summed E-state index contributed by atoms with van der Waals surface area (Å²) in [5, 5.41) is 0. The maximum atomic E-state index is 12.8. The maximum absolute atomic E-state index is 12.8. The van der Waals surface area contributed by atoms with Gasteiger partial charge in [-0.2, -0.15) is 0 Å². The van der Waals surface area contributed by atoms with E-state index in [9.17, 15) is 9.59 Å². The number of hydrogen-bond donors (Lipinski definition) is 0. The molecule has 3 saturated heterocycles. The van der Waals surface area contributed by atoms with Crippen molar-refractivity contribution in [3.63, 3.8) is 0 Å². The Morgan fingerprint density at radius 1 is 0.875 bits per heavy atom. The van der Waals surface area contributed by atoms with Gasteiger partial charge in [0.15, 0.2) is 0 Å². The summed E-state index contributed by atoms with van der Waals surface area (Å²) in [6.07, 6.45) is 1.57. The Labute approximate surface area is 237 Å². The van der Waals surface area contributed by atoms with Crippen LogP contribution < -0.4 is 9.64 Å². The van der Waals surface area contributed by atoms with Crippen LogP contribution >= 0.6 is 0 Å². The van der Waals surface area contributed by atoms with Gasteiger partial charge in [0.25, 0.3) is 0 Å². The SMILES string of the molecule is CC(C)(C)OC(=O)N1C2CCC1CN(c1cccc(OCCN3CCN(C(=O)OCc4ccccc4)CC3)c1)C2. The zero-order valence-corrected chi connectivity index (χ0v) is 24.0. The van der Waals surface area contributed by atoms with Gasteiger partial charge in [-0.3, -0.25) is 9.80 Å². The van der Waals surface area contributed by atoms with Gasteiger partial charge in [-0.1, -0.05) is 36.4 Å². The number of fused-ring (bicyclic) bond motifs is 2. The van der Waals surface area contributed by atoms with E-state index in [2.05, 4.69) is 21.9 Å². The summed E-state index contributed by atoms with van der Waals surface area (Å²) < 4.78 is 17.3. The smallest absolute Gasteiger partial charge is 0.410 e. The summed E-state index contributed by atoms with van der Waals surface area (Å²) in [5.74, 6) is 0.850. The average Bonchev–Trinajstić information content (AvgIpc) is 3.21. The Kier molecular flexibility index (Phi) is 8.69. The molecule has 3 fully saturated rings. The first kappa shape index (κ1) is 28.1. The predicted octanol–water partition coefficient (Wildman–Crippen LogP) is 4.61. The molecular weight excluding hydrogens is 508 g/mol. The molecule has 0 spiro atoms. The molecule has 2 bridgehead atoms. The van der Waals surface area contributed by atoms with E-state index in [1.165, 1.54) is 0 Å². The third kappa shape index (κ3) is 7.18. The highest BCUT2D eigenvalue weighted by Crippen LogP contribution is 2.34. The molecule has 216 valence electrons. The van der Waals surface area contributed by atoms with Gasteiger partial charge in [-0.05, 0) is 51.3 Å². The molecule has 5 rings (SSSR count). The van der Waals surface area contributed by atoms with E-state index in [4.69, 9.17) is 14.2 Å². The lowest BCUT2D eigenvalue weighted by atomic mass is 10.1. The molecule has 40 heavy (non-hydrogen) atoms. The van der Waals surface area contributed by atoms with Gasteiger partial charge >= 0.3 is 12.2 Å². The molecule has 2 unspecified atom stereocenters. The lowest BCUT2D eigenvalue weighted by Crippen LogP contribution is -2.56. The molecule has 0 N–H and O–H groups in total. The molecule has 0 saturated carbocycles. The van der Waals surface area contributed by atoms with Crippen LogP contribution in [-0.4, -0.2) is 97.0 Å². The monoisotopic (exact) mass is 550 g/mol. The van der Waals surface area contributed by atoms with Crippen molar-refractivity contribution in [2.75, 3.05) is 57.3 Å². The zero-order chi connectivity index (χ0) is 28.1. The first-order valence-corrected chi connectivity index (χ1v) is 14.4. The van der Waals surface area contributed by atoms with Crippen LogP contribution in [0.25, 0.3) is 0 Å². The number of carbonyl (C=O) groups excluding carboxylic acids is 2. The number of carbonyl (C=O) groups is 2. The van der Waals surface area contributed by atoms with Crippen molar-refractivity contribution in [3.8, 4) is 5.75 Å². The first-order chi connectivity index (χ1) is 19.2. The number of rotatable bonds is 7. The van der Waals surface area contributed by atoms with Gasteiger partial charge in [0, 0.05) is 57.6 Å². The molecule has 9 nitrogen and oxygen atoms in total. The fourth-order valence-electron chi connectivity index (χ4n) is 5.75. The number of hydrogen-bond acceptors (Lipinski definition) is 7. The van der Waals surface area contributed by atoms with Gasteiger partial charge in [-0.25, -0.2) is 9.59 Å². The van der Waals surface area contributed by atoms with Gasteiger partial charge in [-0.15, -0.1) is 0 Å². The minimum Gasteiger partial charge on any atom is -0.492 e. The standard InChI is InChI=1S/C31H42N4O5/c1-31(2,3)40-30(37)35-26-12-13-27(35)22-34(21-26)25-10-7-11-28(20-25)38-19-18-32-14-16-33(17-15-32)29(36)39-23-24-8-5-4-6-9-24/h4-11,20,26-27H,12-19,21-23H2,1-3H3. The minimum absolute atomic E-state index is 0.174. The molecule has 9 heteroatoms. The largest absolute Gasteiger partial charge is 0.492 e. The van der Waals surface area contributed by atoms with Crippen molar-refractivity contribution in [3.05, 3.63) is 60.2 Å². The minimum atomic E-state index is -0.485. The van der Waals surface area contributed by atoms with Crippen LogP contribution in [0.4, 0.5) is 15.3 Å².